The number of esters is 1. The lowest BCUT2D eigenvalue weighted by Gasteiger charge is -2.27. The average molecular weight is 353 g/mol. The van der Waals surface area contributed by atoms with E-state index in [9.17, 15) is 9.59 Å². The van der Waals surface area contributed by atoms with Gasteiger partial charge in [-0.15, -0.1) is 0 Å². The Balaban J connectivity index is 1.50. The highest BCUT2D eigenvalue weighted by Gasteiger charge is 2.25. The fraction of sp³-hybridized carbons (Fsp3) is 0.316. The van der Waals surface area contributed by atoms with Crippen LogP contribution in [0, 0.1) is 6.92 Å². The predicted octanol–water partition coefficient (Wildman–Crippen LogP) is 2.31. The van der Waals surface area contributed by atoms with E-state index in [-0.39, 0.29) is 18.0 Å². The van der Waals surface area contributed by atoms with E-state index in [1.807, 2.05) is 25.1 Å². The van der Waals surface area contributed by atoms with E-state index in [4.69, 9.17) is 9.15 Å². The molecule has 26 heavy (non-hydrogen) atoms. The van der Waals surface area contributed by atoms with Crippen LogP contribution in [0.1, 0.15) is 27.3 Å². The number of ether oxygens (including phenoxy) is 1. The summed E-state index contributed by atoms with van der Waals surface area (Å²) in [6.07, 6.45) is 1.94. The quantitative estimate of drug-likeness (QED) is 0.675. The maximum absolute atomic E-state index is 12.7. The van der Waals surface area contributed by atoms with Gasteiger partial charge >= 0.3 is 5.97 Å². The number of aryl methyl sites for hydroxylation is 1. The Labute approximate surface area is 150 Å². The molecule has 0 saturated heterocycles. The first-order chi connectivity index (χ1) is 12.5. The highest BCUT2D eigenvalue weighted by Crippen LogP contribution is 2.24. The highest BCUT2D eigenvalue weighted by atomic mass is 16.5. The second-order valence-electron chi connectivity index (χ2n) is 6.49. The van der Waals surface area contributed by atoms with E-state index in [0.717, 1.165) is 27.8 Å². The first kappa shape index (κ1) is 16.4. The molecule has 1 aromatic carbocycles. The van der Waals surface area contributed by atoms with Gasteiger partial charge in [-0.05, 0) is 24.6 Å². The number of hydrogen-bond donors (Lipinski definition) is 0. The van der Waals surface area contributed by atoms with Crippen molar-refractivity contribution in [1.29, 1.82) is 0 Å². The normalized spacial score (nSPS) is 13.7. The van der Waals surface area contributed by atoms with Gasteiger partial charge < -0.3 is 14.1 Å². The molecule has 0 aliphatic carbocycles. The van der Waals surface area contributed by atoms with E-state index in [1.165, 1.54) is 7.11 Å². The van der Waals surface area contributed by atoms with Gasteiger partial charge in [-0.1, -0.05) is 12.1 Å². The second kappa shape index (κ2) is 6.33. The highest BCUT2D eigenvalue weighted by molar-refractivity contribution is 5.88. The third-order valence-corrected chi connectivity index (χ3v) is 4.70. The van der Waals surface area contributed by atoms with Crippen molar-refractivity contribution in [2.75, 3.05) is 13.7 Å². The van der Waals surface area contributed by atoms with Crippen LogP contribution in [0.2, 0.25) is 0 Å². The van der Waals surface area contributed by atoms with Crippen LogP contribution >= 0.6 is 0 Å². The van der Waals surface area contributed by atoms with E-state index in [0.29, 0.717) is 19.6 Å². The minimum atomic E-state index is -0.468. The molecule has 2 aromatic heterocycles. The molecule has 3 aromatic rings. The van der Waals surface area contributed by atoms with Crippen LogP contribution in [-0.2, 0) is 29.0 Å². The summed E-state index contributed by atoms with van der Waals surface area (Å²) in [5.41, 5.74) is 3.91. The minimum Gasteiger partial charge on any atom is -0.464 e. The Kier molecular flexibility index (Phi) is 3.99. The van der Waals surface area contributed by atoms with Gasteiger partial charge in [0.2, 0.25) is 5.91 Å². The van der Waals surface area contributed by atoms with Gasteiger partial charge in [0.05, 0.1) is 38.6 Å². The van der Waals surface area contributed by atoms with E-state index >= 15 is 0 Å². The van der Waals surface area contributed by atoms with Gasteiger partial charge in [0.15, 0.2) is 5.69 Å². The maximum atomic E-state index is 12.7. The summed E-state index contributed by atoms with van der Waals surface area (Å²) < 4.78 is 12.0. The van der Waals surface area contributed by atoms with Crippen LogP contribution in [0.5, 0.6) is 0 Å². The molecule has 0 radical (unpaired) electrons. The van der Waals surface area contributed by atoms with Crippen LogP contribution in [0.4, 0.5) is 0 Å². The van der Waals surface area contributed by atoms with Crippen molar-refractivity contribution < 1.29 is 18.7 Å². The zero-order chi connectivity index (χ0) is 18.3. The minimum absolute atomic E-state index is 0.0281. The van der Waals surface area contributed by atoms with Crippen LogP contribution in [0.15, 0.2) is 34.9 Å². The Morgan fingerprint density at radius 2 is 2.12 bits per heavy atom. The topological polar surface area (TPSA) is 77.6 Å². The van der Waals surface area contributed by atoms with Crippen molar-refractivity contribution in [3.05, 3.63) is 53.0 Å². The molecule has 0 bridgehead atoms. The number of benzene rings is 1. The molecule has 0 spiro atoms. The standard InChI is InChI=1S/C19H19N3O4/c1-12-3-4-15-13(11-26-17(15)7-12)8-18(23)21-5-6-22-14(10-21)9-16(20-22)19(24)25-2/h3-4,7,9,11H,5-6,8,10H2,1-2H3. The number of nitrogens with zero attached hydrogens (tertiary/aromatic N) is 3. The van der Waals surface area contributed by atoms with E-state index in [1.54, 1.807) is 21.9 Å². The third kappa shape index (κ3) is 2.85. The van der Waals surface area contributed by atoms with Gasteiger partial charge in [0.1, 0.15) is 5.58 Å². The van der Waals surface area contributed by atoms with Crippen molar-refractivity contribution >= 4 is 22.8 Å². The zero-order valence-electron chi connectivity index (χ0n) is 14.7. The van der Waals surface area contributed by atoms with Gasteiger partial charge in [0.25, 0.3) is 0 Å². The van der Waals surface area contributed by atoms with Crippen molar-refractivity contribution in [2.45, 2.75) is 26.4 Å². The SMILES string of the molecule is COC(=O)c1cc2n(n1)CCN(C(=O)Cc1coc3cc(C)ccc13)C2. The summed E-state index contributed by atoms with van der Waals surface area (Å²) in [6.45, 7) is 3.55. The lowest BCUT2D eigenvalue weighted by Crippen LogP contribution is -2.39. The molecular weight excluding hydrogens is 334 g/mol. The number of amides is 1. The first-order valence-electron chi connectivity index (χ1n) is 8.44. The third-order valence-electron chi connectivity index (χ3n) is 4.70. The van der Waals surface area contributed by atoms with Crippen molar-refractivity contribution in [2.24, 2.45) is 0 Å². The number of furan rings is 1. The van der Waals surface area contributed by atoms with Crippen LogP contribution in [-0.4, -0.2) is 40.2 Å². The van der Waals surface area contributed by atoms with E-state index < -0.39 is 5.97 Å². The maximum Gasteiger partial charge on any atom is 0.358 e. The van der Waals surface area contributed by atoms with Crippen molar-refractivity contribution in [3.63, 3.8) is 0 Å². The summed E-state index contributed by atoms with van der Waals surface area (Å²) in [6, 6.07) is 7.66. The number of rotatable bonds is 3. The summed E-state index contributed by atoms with van der Waals surface area (Å²) >= 11 is 0. The molecule has 7 nitrogen and oxygen atoms in total. The molecule has 1 aliphatic rings. The number of methoxy groups -OCH3 is 1. The number of fused-ring (bicyclic) bond motifs is 2. The fourth-order valence-corrected chi connectivity index (χ4v) is 3.29. The molecule has 1 amide bonds. The molecule has 0 unspecified atom stereocenters. The molecular formula is C19H19N3O4. The Morgan fingerprint density at radius 3 is 2.92 bits per heavy atom. The number of aromatic nitrogens is 2. The molecule has 1 aliphatic heterocycles. The number of carbonyl (C=O) groups excluding carboxylic acids is 2. The summed E-state index contributed by atoms with van der Waals surface area (Å²) in [5, 5.41) is 5.20. The van der Waals surface area contributed by atoms with Crippen LogP contribution in [0.25, 0.3) is 11.0 Å². The van der Waals surface area contributed by atoms with Crippen molar-refractivity contribution in [1.82, 2.24) is 14.7 Å². The summed E-state index contributed by atoms with van der Waals surface area (Å²) in [7, 11) is 1.33. The average Bonchev–Trinajstić information content (AvgIpc) is 3.24. The smallest absolute Gasteiger partial charge is 0.358 e. The Morgan fingerprint density at radius 1 is 1.27 bits per heavy atom. The monoisotopic (exact) mass is 353 g/mol. The first-order valence-corrected chi connectivity index (χ1v) is 8.44. The number of hydrogen-bond acceptors (Lipinski definition) is 5. The Hall–Kier alpha value is -3.09. The largest absolute Gasteiger partial charge is 0.464 e. The second-order valence-corrected chi connectivity index (χ2v) is 6.49. The van der Waals surface area contributed by atoms with Crippen molar-refractivity contribution in [3.8, 4) is 0 Å². The molecule has 0 atom stereocenters. The van der Waals surface area contributed by atoms with Gasteiger partial charge in [-0.2, -0.15) is 5.10 Å². The van der Waals surface area contributed by atoms with Gasteiger partial charge in [0, 0.05) is 17.5 Å². The number of carbonyl (C=O) groups is 2. The molecule has 4 rings (SSSR count). The lowest BCUT2D eigenvalue weighted by atomic mass is 10.1. The Bertz CT molecular complexity index is 1000. The molecule has 0 N–H and O–H groups in total. The lowest BCUT2D eigenvalue weighted by molar-refractivity contribution is -0.132. The molecule has 3 heterocycles. The predicted molar refractivity (Wildman–Crippen MR) is 93.6 cm³/mol. The summed E-state index contributed by atoms with van der Waals surface area (Å²) in [4.78, 5) is 26.1. The zero-order valence-corrected chi connectivity index (χ0v) is 14.7. The van der Waals surface area contributed by atoms with Crippen LogP contribution in [0.3, 0.4) is 0 Å². The van der Waals surface area contributed by atoms with Gasteiger partial charge in [-0.3, -0.25) is 9.48 Å². The van der Waals surface area contributed by atoms with Gasteiger partial charge in [-0.25, -0.2) is 4.79 Å². The summed E-state index contributed by atoms with van der Waals surface area (Å²) in [5.74, 6) is -0.440. The molecule has 0 saturated carbocycles. The fourth-order valence-electron chi connectivity index (χ4n) is 3.29. The molecule has 7 heteroatoms. The molecule has 0 fully saturated rings. The van der Waals surface area contributed by atoms with Crippen LogP contribution < -0.4 is 0 Å². The molecule has 134 valence electrons. The van der Waals surface area contributed by atoms with E-state index in [2.05, 4.69) is 5.10 Å².